The lowest BCUT2D eigenvalue weighted by Gasteiger charge is -2.31. The van der Waals surface area contributed by atoms with Gasteiger partial charge in [-0.05, 0) is 32.4 Å². The van der Waals surface area contributed by atoms with E-state index < -0.39 is 8.07 Å². The Bertz CT molecular complexity index is 289. The molecule has 0 unspecified atom stereocenters. The summed E-state index contributed by atoms with van der Waals surface area (Å²) in [7, 11) is 1.19. The van der Waals surface area contributed by atoms with Crippen LogP contribution in [0.25, 0.3) is 0 Å². The van der Waals surface area contributed by atoms with Gasteiger partial charge in [0.1, 0.15) is 0 Å². The van der Waals surface area contributed by atoms with Gasteiger partial charge in [-0.2, -0.15) is 0 Å². The molecule has 1 saturated carbocycles. The first kappa shape index (κ1) is 14.8. The van der Waals surface area contributed by atoms with E-state index in [9.17, 15) is 0 Å². The highest BCUT2D eigenvalue weighted by Gasteiger charge is 2.17. The summed E-state index contributed by atoms with van der Waals surface area (Å²) in [4.78, 5) is 2.53. The first-order valence-electron chi connectivity index (χ1n) is 7.02. The topological polar surface area (TPSA) is 3.24 Å². The summed E-state index contributed by atoms with van der Waals surface area (Å²) in [5.74, 6) is 0. The fourth-order valence-electron chi connectivity index (χ4n) is 2.41. The molecule has 0 radical (unpaired) electrons. The van der Waals surface area contributed by atoms with Gasteiger partial charge in [0.2, 0.25) is 0 Å². The summed E-state index contributed by atoms with van der Waals surface area (Å²) >= 11 is 0. The van der Waals surface area contributed by atoms with Crippen LogP contribution in [0.15, 0.2) is 17.0 Å². The predicted octanol–water partition coefficient (Wildman–Crippen LogP) is 4.23. The first-order chi connectivity index (χ1) is 7.88. The lowest BCUT2D eigenvalue weighted by atomic mass is 9.94. The second-order valence-corrected chi connectivity index (χ2v) is 11.7. The second-order valence-electron chi connectivity index (χ2n) is 6.64. The molecule has 0 aliphatic heterocycles. The van der Waals surface area contributed by atoms with E-state index in [4.69, 9.17) is 0 Å². The fraction of sp³-hybridized carbons (Fsp3) is 0.800. The van der Waals surface area contributed by atoms with Crippen molar-refractivity contribution in [3.8, 4) is 0 Å². The highest BCUT2D eigenvalue weighted by molar-refractivity contribution is 6.80. The van der Waals surface area contributed by atoms with Gasteiger partial charge >= 0.3 is 0 Å². The highest BCUT2D eigenvalue weighted by Crippen LogP contribution is 2.21. The molecule has 1 fully saturated rings. The lowest BCUT2D eigenvalue weighted by Crippen LogP contribution is -2.34. The maximum absolute atomic E-state index is 3.50. The van der Waals surface area contributed by atoms with E-state index in [1.54, 1.807) is 0 Å². The lowest BCUT2D eigenvalue weighted by molar-refractivity contribution is 0.205. The molecule has 0 amide bonds. The molecule has 0 heterocycles. The molecule has 0 atom stereocenters. The van der Waals surface area contributed by atoms with E-state index in [1.807, 2.05) is 0 Å². The molecule has 0 aromatic rings. The van der Waals surface area contributed by atoms with Crippen molar-refractivity contribution >= 4 is 8.07 Å². The Balaban J connectivity index is 2.49. The van der Waals surface area contributed by atoms with E-state index in [2.05, 4.69) is 49.9 Å². The largest absolute Gasteiger partial charge is 0.299 e. The molecule has 98 valence electrons. The van der Waals surface area contributed by atoms with E-state index in [0.717, 1.165) is 12.6 Å². The summed E-state index contributed by atoms with van der Waals surface area (Å²) in [6.07, 6.45) is 7.06. The molecule has 17 heavy (non-hydrogen) atoms. The number of likely N-dealkylation sites (N-methyl/N-ethyl adjacent to an activating group) is 1. The number of rotatable bonds is 4. The maximum Gasteiger partial charge on any atom is 0.0781 e. The van der Waals surface area contributed by atoms with E-state index >= 15 is 0 Å². The average molecular weight is 251 g/mol. The Morgan fingerprint density at radius 1 is 1.24 bits per heavy atom. The molecule has 2 heteroatoms. The molecule has 1 aliphatic rings. The van der Waals surface area contributed by atoms with Crippen molar-refractivity contribution in [1.82, 2.24) is 4.90 Å². The van der Waals surface area contributed by atoms with Crippen molar-refractivity contribution in [1.29, 1.82) is 0 Å². The zero-order chi connectivity index (χ0) is 12.9. The minimum absolute atomic E-state index is 0.812. The predicted molar refractivity (Wildman–Crippen MR) is 80.1 cm³/mol. The SMILES string of the molecule is CC(=C=C[Si](C)(C)C)CN(C)C1CCCCC1. The van der Waals surface area contributed by atoms with Crippen molar-refractivity contribution in [3.05, 3.63) is 17.0 Å². The number of hydrogen-bond acceptors (Lipinski definition) is 1. The van der Waals surface area contributed by atoms with Crippen molar-refractivity contribution in [2.24, 2.45) is 0 Å². The quantitative estimate of drug-likeness (QED) is 0.534. The van der Waals surface area contributed by atoms with E-state index in [1.165, 1.54) is 37.7 Å². The third-order valence-electron chi connectivity index (χ3n) is 3.44. The summed E-state index contributed by atoms with van der Waals surface area (Å²) in [6.45, 7) is 10.4. The van der Waals surface area contributed by atoms with Crippen LogP contribution < -0.4 is 0 Å². The van der Waals surface area contributed by atoms with Gasteiger partial charge in [0.15, 0.2) is 0 Å². The molecule has 0 aromatic carbocycles. The highest BCUT2D eigenvalue weighted by atomic mass is 28.3. The molecule has 0 N–H and O–H groups in total. The zero-order valence-corrected chi connectivity index (χ0v) is 13.3. The molecular formula is C15H29NSi. The van der Waals surface area contributed by atoms with Gasteiger partial charge in [-0.25, -0.2) is 0 Å². The van der Waals surface area contributed by atoms with Crippen LogP contribution in [0.2, 0.25) is 19.6 Å². The van der Waals surface area contributed by atoms with Crippen LogP contribution in [0.1, 0.15) is 39.0 Å². The minimum Gasteiger partial charge on any atom is -0.299 e. The Labute approximate surface area is 109 Å². The Morgan fingerprint density at radius 2 is 1.82 bits per heavy atom. The third-order valence-corrected chi connectivity index (χ3v) is 4.45. The van der Waals surface area contributed by atoms with Crippen molar-refractivity contribution < 1.29 is 0 Å². The molecule has 0 aromatic heterocycles. The van der Waals surface area contributed by atoms with Crippen molar-refractivity contribution in [2.45, 2.75) is 64.7 Å². The van der Waals surface area contributed by atoms with E-state index in [0.29, 0.717) is 0 Å². The molecule has 1 aliphatic carbocycles. The summed E-state index contributed by atoms with van der Waals surface area (Å²) in [5, 5.41) is 0. The van der Waals surface area contributed by atoms with Gasteiger partial charge in [0.05, 0.1) is 8.07 Å². The number of hydrogen-bond donors (Lipinski definition) is 0. The van der Waals surface area contributed by atoms with Gasteiger partial charge in [0, 0.05) is 12.6 Å². The molecular weight excluding hydrogens is 222 g/mol. The van der Waals surface area contributed by atoms with Crippen LogP contribution in [0, 0.1) is 0 Å². The van der Waals surface area contributed by atoms with Gasteiger partial charge in [-0.3, -0.25) is 4.90 Å². The Hall–Kier alpha value is -0.303. The third kappa shape index (κ3) is 6.26. The maximum atomic E-state index is 3.50. The zero-order valence-electron chi connectivity index (χ0n) is 12.3. The first-order valence-corrected chi connectivity index (χ1v) is 10.6. The molecule has 1 rings (SSSR count). The van der Waals surface area contributed by atoms with Crippen LogP contribution in [0.5, 0.6) is 0 Å². The van der Waals surface area contributed by atoms with Gasteiger partial charge in [0.25, 0.3) is 0 Å². The van der Waals surface area contributed by atoms with E-state index in [-0.39, 0.29) is 0 Å². The van der Waals surface area contributed by atoms with Crippen LogP contribution in [-0.4, -0.2) is 32.6 Å². The van der Waals surface area contributed by atoms with Crippen molar-refractivity contribution in [2.75, 3.05) is 13.6 Å². The molecule has 0 bridgehead atoms. The summed E-state index contributed by atoms with van der Waals surface area (Å²) < 4.78 is 0. The van der Waals surface area contributed by atoms with Crippen molar-refractivity contribution in [3.63, 3.8) is 0 Å². The van der Waals surface area contributed by atoms with Crippen LogP contribution >= 0.6 is 0 Å². The average Bonchev–Trinajstić information content (AvgIpc) is 2.27. The standard InChI is InChI=1S/C15H29NSi/c1-14(11-12-17(3,4)5)13-16(2)15-9-7-6-8-10-15/h12,15H,6-10,13H2,1-5H3. The minimum atomic E-state index is -1.09. The van der Waals surface area contributed by atoms with Crippen LogP contribution in [0.4, 0.5) is 0 Å². The normalized spacial score (nSPS) is 18.0. The Kier molecular flexibility index (Phi) is 5.71. The molecule has 0 spiro atoms. The number of nitrogens with zero attached hydrogens (tertiary/aromatic N) is 1. The molecule has 1 nitrogen and oxygen atoms in total. The van der Waals surface area contributed by atoms with Gasteiger partial charge in [-0.15, -0.1) is 5.73 Å². The van der Waals surface area contributed by atoms with Crippen LogP contribution in [-0.2, 0) is 0 Å². The van der Waals surface area contributed by atoms with Gasteiger partial charge in [-0.1, -0.05) is 44.6 Å². The monoisotopic (exact) mass is 251 g/mol. The fourth-order valence-corrected chi connectivity index (χ4v) is 3.09. The smallest absolute Gasteiger partial charge is 0.0781 e. The molecule has 0 saturated heterocycles. The summed E-state index contributed by atoms with van der Waals surface area (Å²) in [6, 6.07) is 0.812. The van der Waals surface area contributed by atoms with Crippen LogP contribution in [0.3, 0.4) is 0 Å². The van der Waals surface area contributed by atoms with Gasteiger partial charge < -0.3 is 0 Å². The Morgan fingerprint density at radius 3 is 2.35 bits per heavy atom. The summed E-state index contributed by atoms with van der Waals surface area (Å²) in [5.41, 5.74) is 7.22. The second kappa shape index (κ2) is 6.58.